The Morgan fingerprint density at radius 1 is 1.24 bits per heavy atom. The fraction of sp³-hybridized carbons (Fsp3) is 0.625. The lowest BCUT2D eigenvalue weighted by Gasteiger charge is -2.31. The molecule has 5 heteroatoms. The largest absolute Gasteiger partial charge is 0.391 e. The summed E-state index contributed by atoms with van der Waals surface area (Å²) >= 11 is 0. The molecule has 1 aromatic rings. The summed E-state index contributed by atoms with van der Waals surface area (Å²) in [4.78, 5) is 20.2. The van der Waals surface area contributed by atoms with E-state index in [2.05, 4.69) is 17.0 Å². The Bertz CT molecular complexity index is 512. The van der Waals surface area contributed by atoms with Crippen molar-refractivity contribution in [1.82, 2.24) is 9.88 Å². The van der Waals surface area contributed by atoms with Crippen LogP contribution in [0.5, 0.6) is 0 Å². The summed E-state index contributed by atoms with van der Waals surface area (Å²) in [5.74, 6) is 1.58. The van der Waals surface area contributed by atoms with Gasteiger partial charge in [0.2, 0.25) is 5.91 Å². The van der Waals surface area contributed by atoms with Gasteiger partial charge < -0.3 is 14.9 Å². The third kappa shape index (κ3) is 3.18. The number of likely N-dealkylation sites (tertiary alicyclic amines) is 1. The van der Waals surface area contributed by atoms with Gasteiger partial charge in [0.15, 0.2) is 0 Å². The highest BCUT2D eigenvalue weighted by molar-refractivity contribution is 5.73. The fourth-order valence-corrected chi connectivity index (χ4v) is 3.28. The second-order valence-electron chi connectivity index (χ2n) is 6.09. The summed E-state index contributed by atoms with van der Waals surface area (Å²) in [6, 6.07) is 6.16. The molecule has 2 saturated heterocycles. The molecule has 0 aromatic carbocycles. The van der Waals surface area contributed by atoms with Crippen molar-refractivity contribution in [3.63, 3.8) is 0 Å². The van der Waals surface area contributed by atoms with E-state index in [0.717, 1.165) is 50.4 Å². The van der Waals surface area contributed by atoms with Crippen LogP contribution in [0.2, 0.25) is 0 Å². The predicted octanol–water partition coefficient (Wildman–Crippen LogP) is 1.38. The molecule has 2 fully saturated rings. The number of nitrogens with zero attached hydrogens (tertiary/aromatic N) is 3. The van der Waals surface area contributed by atoms with Crippen LogP contribution in [0, 0.1) is 0 Å². The number of hydrogen-bond acceptors (Lipinski definition) is 4. The molecular formula is C16H23N3O2. The van der Waals surface area contributed by atoms with Crippen molar-refractivity contribution in [3.05, 3.63) is 23.9 Å². The molecule has 0 saturated carbocycles. The van der Waals surface area contributed by atoms with E-state index < -0.39 is 0 Å². The van der Waals surface area contributed by atoms with Crippen molar-refractivity contribution >= 4 is 11.7 Å². The lowest BCUT2D eigenvalue weighted by Crippen LogP contribution is -2.36. The molecule has 1 atom stereocenters. The summed E-state index contributed by atoms with van der Waals surface area (Å²) in [6.07, 6.45) is 2.56. The molecule has 0 spiro atoms. The van der Waals surface area contributed by atoms with Crippen molar-refractivity contribution in [2.45, 2.75) is 38.2 Å². The third-order valence-corrected chi connectivity index (χ3v) is 4.60. The van der Waals surface area contributed by atoms with Crippen LogP contribution in [0.3, 0.4) is 0 Å². The Morgan fingerprint density at radius 3 is 2.62 bits per heavy atom. The van der Waals surface area contributed by atoms with E-state index in [9.17, 15) is 9.90 Å². The topological polar surface area (TPSA) is 56.7 Å². The van der Waals surface area contributed by atoms with Crippen molar-refractivity contribution in [2.24, 2.45) is 0 Å². The normalized spacial score (nSPS) is 23.6. The molecule has 2 aliphatic heterocycles. The van der Waals surface area contributed by atoms with Gasteiger partial charge in [-0.25, -0.2) is 4.98 Å². The maximum absolute atomic E-state index is 11.4. The minimum absolute atomic E-state index is 0.168. The summed E-state index contributed by atoms with van der Waals surface area (Å²) in [7, 11) is 0. The molecule has 1 N–H and O–H groups in total. The maximum atomic E-state index is 11.4. The van der Waals surface area contributed by atoms with Gasteiger partial charge in [-0.1, -0.05) is 6.07 Å². The number of β-amino-alcohol motifs (C(OH)–C–C–N with tert-alkyl or cyclic N) is 1. The van der Waals surface area contributed by atoms with Crippen molar-refractivity contribution in [1.29, 1.82) is 0 Å². The highest BCUT2D eigenvalue weighted by Crippen LogP contribution is 2.28. The Morgan fingerprint density at radius 2 is 2.00 bits per heavy atom. The van der Waals surface area contributed by atoms with E-state index in [4.69, 9.17) is 4.98 Å². The van der Waals surface area contributed by atoms with Gasteiger partial charge in [-0.2, -0.15) is 0 Å². The predicted molar refractivity (Wildman–Crippen MR) is 81.3 cm³/mol. The van der Waals surface area contributed by atoms with E-state index in [-0.39, 0.29) is 12.0 Å². The van der Waals surface area contributed by atoms with Crippen molar-refractivity contribution in [2.75, 3.05) is 31.1 Å². The van der Waals surface area contributed by atoms with E-state index >= 15 is 0 Å². The molecule has 0 unspecified atom stereocenters. The molecule has 5 nitrogen and oxygen atoms in total. The van der Waals surface area contributed by atoms with Crippen LogP contribution >= 0.6 is 0 Å². The average Bonchev–Trinajstić information content (AvgIpc) is 2.94. The molecule has 1 amide bonds. The number of amides is 1. The highest BCUT2D eigenvalue weighted by Gasteiger charge is 2.25. The molecule has 3 rings (SSSR count). The third-order valence-electron chi connectivity index (χ3n) is 4.60. The van der Waals surface area contributed by atoms with Crippen LogP contribution < -0.4 is 4.90 Å². The molecule has 21 heavy (non-hydrogen) atoms. The number of rotatable bonds is 2. The lowest BCUT2D eigenvalue weighted by molar-refractivity contribution is -0.129. The van der Waals surface area contributed by atoms with Crippen LogP contribution in [-0.4, -0.2) is 53.2 Å². The first kappa shape index (κ1) is 14.3. The molecule has 0 bridgehead atoms. The minimum Gasteiger partial charge on any atom is -0.391 e. The first-order valence-corrected chi connectivity index (χ1v) is 7.79. The van der Waals surface area contributed by atoms with Crippen LogP contribution in [0.4, 0.5) is 5.82 Å². The van der Waals surface area contributed by atoms with Crippen molar-refractivity contribution < 1.29 is 9.90 Å². The zero-order valence-corrected chi connectivity index (χ0v) is 12.5. The summed E-state index contributed by atoms with van der Waals surface area (Å²) in [6.45, 7) is 4.85. The summed E-state index contributed by atoms with van der Waals surface area (Å²) < 4.78 is 0. The molecule has 1 aromatic heterocycles. The Balaban J connectivity index is 1.68. The molecule has 2 aliphatic rings. The maximum Gasteiger partial charge on any atom is 0.219 e. The van der Waals surface area contributed by atoms with Crippen LogP contribution in [0.1, 0.15) is 37.8 Å². The zero-order valence-electron chi connectivity index (χ0n) is 12.5. The van der Waals surface area contributed by atoms with Crippen LogP contribution in [-0.2, 0) is 4.79 Å². The number of carbonyl (C=O) groups is 1. The van der Waals surface area contributed by atoms with E-state index in [0.29, 0.717) is 12.5 Å². The molecule has 0 radical (unpaired) electrons. The second-order valence-corrected chi connectivity index (χ2v) is 6.09. The van der Waals surface area contributed by atoms with Crippen molar-refractivity contribution in [3.8, 4) is 0 Å². The Kier molecular flexibility index (Phi) is 4.10. The number of anilines is 1. The number of piperidine rings is 1. The van der Waals surface area contributed by atoms with Gasteiger partial charge in [0.1, 0.15) is 5.82 Å². The number of aliphatic hydroxyl groups is 1. The van der Waals surface area contributed by atoms with Gasteiger partial charge in [0, 0.05) is 44.7 Å². The van der Waals surface area contributed by atoms with Gasteiger partial charge in [0.05, 0.1) is 6.10 Å². The number of hydrogen-bond donors (Lipinski definition) is 1. The number of carbonyl (C=O) groups excluding carboxylic acids is 1. The summed E-state index contributed by atoms with van der Waals surface area (Å²) in [5, 5.41) is 9.65. The van der Waals surface area contributed by atoms with Gasteiger partial charge >= 0.3 is 0 Å². The Labute approximate surface area is 125 Å². The van der Waals surface area contributed by atoms with E-state index in [1.807, 2.05) is 11.0 Å². The average molecular weight is 289 g/mol. The number of aromatic nitrogens is 1. The lowest BCUT2D eigenvalue weighted by atomic mass is 9.93. The summed E-state index contributed by atoms with van der Waals surface area (Å²) in [5.41, 5.74) is 1.12. The minimum atomic E-state index is -0.228. The van der Waals surface area contributed by atoms with E-state index in [1.165, 1.54) is 0 Å². The highest BCUT2D eigenvalue weighted by atomic mass is 16.3. The second kappa shape index (κ2) is 6.02. The van der Waals surface area contributed by atoms with Crippen LogP contribution in [0.25, 0.3) is 0 Å². The van der Waals surface area contributed by atoms with Gasteiger partial charge in [0.25, 0.3) is 0 Å². The smallest absolute Gasteiger partial charge is 0.219 e. The van der Waals surface area contributed by atoms with E-state index in [1.54, 1.807) is 6.92 Å². The molecular weight excluding hydrogens is 266 g/mol. The SMILES string of the molecule is CC(=O)N1CCC(c2cccc(N3CC[C@H](O)C3)n2)CC1. The Hall–Kier alpha value is -1.62. The quantitative estimate of drug-likeness (QED) is 0.893. The standard InChI is InChI=1S/C16H23N3O2/c1-12(20)18-8-5-13(6-9-18)15-3-2-4-16(17-15)19-10-7-14(21)11-19/h2-4,13-14,21H,5-11H2,1H3/t14-/m0/s1. The van der Waals surface area contributed by atoms with Gasteiger partial charge in [-0.05, 0) is 31.4 Å². The monoisotopic (exact) mass is 289 g/mol. The molecule has 114 valence electrons. The first-order valence-electron chi connectivity index (χ1n) is 7.79. The first-order chi connectivity index (χ1) is 10.1. The number of pyridine rings is 1. The van der Waals surface area contributed by atoms with Gasteiger partial charge in [-0.15, -0.1) is 0 Å². The number of aliphatic hydroxyl groups excluding tert-OH is 1. The zero-order chi connectivity index (χ0) is 14.8. The van der Waals surface area contributed by atoms with Gasteiger partial charge in [-0.3, -0.25) is 4.79 Å². The molecule has 3 heterocycles. The molecule has 0 aliphatic carbocycles. The van der Waals surface area contributed by atoms with Crippen LogP contribution in [0.15, 0.2) is 18.2 Å². The fourth-order valence-electron chi connectivity index (χ4n) is 3.28.